The molecule has 1 amide bonds. The SMILES string of the molecule is COC(=O)c1cc(-c2csc(NC(=O)c3cnc4c(cnn4C(C)C)c3)n2)c[nH]1. The maximum Gasteiger partial charge on any atom is 0.354 e. The summed E-state index contributed by atoms with van der Waals surface area (Å²) in [5.41, 5.74) is 2.87. The molecule has 0 saturated carbocycles. The van der Waals surface area contributed by atoms with Crippen LogP contribution in [0, 0.1) is 0 Å². The lowest BCUT2D eigenvalue weighted by molar-refractivity contribution is 0.0594. The van der Waals surface area contributed by atoms with Gasteiger partial charge in [-0.25, -0.2) is 19.4 Å². The van der Waals surface area contributed by atoms with E-state index in [0.717, 1.165) is 16.6 Å². The molecule has 29 heavy (non-hydrogen) atoms. The first-order chi connectivity index (χ1) is 14.0. The number of H-pyrrole nitrogens is 1. The van der Waals surface area contributed by atoms with Crippen molar-refractivity contribution >= 4 is 39.4 Å². The van der Waals surface area contributed by atoms with Crippen LogP contribution in [0.4, 0.5) is 5.13 Å². The number of fused-ring (bicyclic) bond motifs is 1. The summed E-state index contributed by atoms with van der Waals surface area (Å²) in [5, 5.41) is 10.1. The summed E-state index contributed by atoms with van der Waals surface area (Å²) in [4.78, 5) is 35.8. The molecule has 0 aliphatic heterocycles. The molecule has 0 aromatic carbocycles. The summed E-state index contributed by atoms with van der Waals surface area (Å²) in [5.74, 6) is -0.759. The van der Waals surface area contributed by atoms with Crippen LogP contribution in [0.25, 0.3) is 22.3 Å². The van der Waals surface area contributed by atoms with Gasteiger partial charge in [-0.2, -0.15) is 5.10 Å². The minimum Gasteiger partial charge on any atom is -0.464 e. The van der Waals surface area contributed by atoms with Crippen molar-refractivity contribution < 1.29 is 14.3 Å². The third kappa shape index (κ3) is 3.61. The monoisotopic (exact) mass is 410 g/mol. The molecular formula is C19H18N6O3S. The molecule has 0 spiro atoms. The molecule has 4 rings (SSSR count). The van der Waals surface area contributed by atoms with Gasteiger partial charge >= 0.3 is 5.97 Å². The predicted octanol–water partition coefficient (Wildman–Crippen LogP) is 3.50. The largest absolute Gasteiger partial charge is 0.464 e. The van der Waals surface area contributed by atoms with Gasteiger partial charge in [-0.05, 0) is 26.0 Å². The maximum atomic E-state index is 12.6. The van der Waals surface area contributed by atoms with Gasteiger partial charge in [-0.3, -0.25) is 10.1 Å². The number of hydrogen-bond donors (Lipinski definition) is 2. The number of pyridine rings is 1. The van der Waals surface area contributed by atoms with Crippen LogP contribution in [0.3, 0.4) is 0 Å². The van der Waals surface area contributed by atoms with Crippen molar-refractivity contribution in [2.24, 2.45) is 0 Å². The second-order valence-electron chi connectivity index (χ2n) is 6.61. The van der Waals surface area contributed by atoms with Gasteiger partial charge < -0.3 is 9.72 Å². The molecule has 2 N–H and O–H groups in total. The van der Waals surface area contributed by atoms with Gasteiger partial charge in [-0.1, -0.05) is 0 Å². The van der Waals surface area contributed by atoms with E-state index in [1.807, 2.05) is 18.5 Å². The van der Waals surface area contributed by atoms with Crippen LogP contribution >= 0.6 is 11.3 Å². The minimum absolute atomic E-state index is 0.182. The van der Waals surface area contributed by atoms with E-state index in [4.69, 9.17) is 0 Å². The fourth-order valence-corrected chi connectivity index (χ4v) is 3.56. The maximum absolute atomic E-state index is 12.6. The van der Waals surface area contributed by atoms with Crippen molar-refractivity contribution in [2.75, 3.05) is 12.4 Å². The zero-order valence-electron chi connectivity index (χ0n) is 16.0. The molecule has 10 heteroatoms. The van der Waals surface area contributed by atoms with Crippen LogP contribution in [0.2, 0.25) is 0 Å². The first kappa shape index (κ1) is 18.8. The highest BCUT2D eigenvalue weighted by Crippen LogP contribution is 2.26. The number of aromatic amines is 1. The summed E-state index contributed by atoms with van der Waals surface area (Å²) in [6.45, 7) is 4.04. The summed E-state index contributed by atoms with van der Waals surface area (Å²) >= 11 is 1.29. The van der Waals surface area contributed by atoms with Gasteiger partial charge in [0.25, 0.3) is 5.91 Å². The molecule has 0 fully saturated rings. The second kappa shape index (κ2) is 7.47. The van der Waals surface area contributed by atoms with Gasteiger partial charge in [0, 0.05) is 34.8 Å². The molecular weight excluding hydrogens is 392 g/mol. The number of nitrogens with zero attached hydrogens (tertiary/aromatic N) is 4. The van der Waals surface area contributed by atoms with Gasteiger partial charge in [0.2, 0.25) is 0 Å². The van der Waals surface area contributed by atoms with E-state index in [0.29, 0.717) is 22.1 Å². The Balaban J connectivity index is 1.51. The smallest absolute Gasteiger partial charge is 0.354 e. The predicted molar refractivity (Wildman–Crippen MR) is 109 cm³/mol. The lowest BCUT2D eigenvalue weighted by Crippen LogP contribution is -2.12. The normalized spacial score (nSPS) is 11.2. The van der Waals surface area contributed by atoms with Crippen molar-refractivity contribution in [1.82, 2.24) is 24.7 Å². The Labute approximate surface area is 169 Å². The van der Waals surface area contributed by atoms with Crippen molar-refractivity contribution in [2.45, 2.75) is 19.9 Å². The van der Waals surface area contributed by atoms with E-state index in [2.05, 4.69) is 30.1 Å². The van der Waals surface area contributed by atoms with Crippen LogP contribution in [-0.2, 0) is 4.74 Å². The zero-order chi connectivity index (χ0) is 20.5. The number of carbonyl (C=O) groups is 2. The number of nitrogens with one attached hydrogen (secondary N) is 2. The first-order valence-corrected chi connectivity index (χ1v) is 9.71. The highest BCUT2D eigenvalue weighted by molar-refractivity contribution is 7.14. The van der Waals surface area contributed by atoms with Crippen LogP contribution < -0.4 is 5.32 Å². The number of methoxy groups -OCH3 is 1. The van der Waals surface area contributed by atoms with Crippen molar-refractivity contribution in [1.29, 1.82) is 0 Å². The van der Waals surface area contributed by atoms with Crippen molar-refractivity contribution in [3.8, 4) is 11.3 Å². The lowest BCUT2D eigenvalue weighted by Gasteiger charge is -2.06. The second-order valence-corrected chi connectivity index (χ2v) is 7.46. The molecule has 148 valence electrons. The van der Waals surface area contributed by atoms with Crippen LogP contribution in [-0.4, -0.2) is 43.7 Å². The molecule has 4 heterocycles. The third-order valence-electron chi connectivity index (χ3n) is 4.29. The molecule has 0 aliphatic rings. The lowest BCUT2D eigenvalue weighted by atomic mass is 10.2. The Morgan fingerprint density at radius 2 is 2.10 bits per heavy atom. The van der Waals surface area contributed by atoms with Gasteiger partial charge in [-0.15, -0.1) is 11.3 Å². The fourth-order valence-electron chi connectivity index (χ4n) is 2.85. The number of rotatable bonds is 5. The Morgan fingerprint density at radius 1 is 1.28 bits per heavy atom. The number of aromatic nitrogens is 5. The summed E-state index contributed by atoms with van der Waals surface area (Å²) in [6.07, 6.45) is 4.89. The molecule has 0 radical (unpaired) electrons. The van der Waals surface area contributed by atoms with E-state index in [-0.39, 0.29) is 11.9 Å². The Hall–Kier alpha value is -3.53. The highest BCUT2D eigenvalue weighted by Gasteiger charge is 2.15. The third-order valence-corrected chi connectivity index (χ3v) is 5.05. The van der Waals surface area contributed by atoms with Crippen LogP contribution in [0.1, 0.15) is 40.7 Å². The molecule has 0 atom stereocenters. The van der Waals surface area contributed by atoms with Gasteiger partial charge in [0.1, 0.15) is 5.69 Å². The van der Waals surface area contributed by atoms with Gasteiger partial charge in [0.05, 0.1) is 24.6 Å². The van der Waals surface area contributed by atoms with E-state index in [1.54, 1.807) is 29.9 Å². The van der Waals surface area contributed by atoms with E-state index < -0.39 is 5.97 Å². The molecule has 0 unspecified atom stereocenters. The van der Waals surface area contributed by atoms with E-state index >= 15 is 0 Å². The Morgan fingerprint density at radius 3 is 2.86 bits per heavy atom. The van der Waals surface area contributed by atoms with Crippen LogP contribution in [0.5, 0.6) is 0 Å². The number of esters is 1. The number of thiazole rings is 1. The first-order valence-electron chi connectivity index (χ1n) is 8.83. The average molecular weight is 410 g/mol. The van der Waals surface area contributed by atoms with E-state index in [1.165, 1.54) is 24.6 Å². The molecule has 4 aromatic rings. The average Bonchev–Trinajstić information content (AvgIpc) is 3.45. The molecule has 9 nitrogen and oxygen atoms in total. The van der Waals surface area contributed by atoms with Crippen LogP contribution in [0.15, 0.2) is 36.1 Å². The zero-order valence-corrected chi connectivity index (χ0v) is 16.8. The van der Waals surface area contributed by atoms with E-state index in [9.17, 15) is 9.59 Å². The summed E-state index contributed by atoms with van der Waals surface area (Å²) in [6, 6.07) is 3.59. The van der Waals surface area contributed by atoms with Crippen molar-refractivity contribution in [3.63, 3.8) is 0 Å². The number of hydrogen-bond acceptors (Lipinski definition) is 7. The number of amides is 1. The highest BCUT2D eigenvalue weighted by atomic mass is 32.1. The number of carbonyl (C=O) groups excluding carboxylic acids is 2. The quantitative estimate of drug-likeness (QED) is 0.487. The minimum atomic E-state index is -0.455. The fraction of sp³-hybridized carbons (Fsp3) is 0.211. The molecule has 0 bridgehead atoms. The van der Waals surface area contributed by atoms with Crippen molar-refractivity contribution in [3.05, 3.63) is 47.4 Å². The Kier molecular flexibility index (Phi) is 4.85. The Bertz CT molecular complexity index is 1210. The topological polar surface area (TPSA) is 115 Å². The van der Waals surface area contributed by atoms with Gasteiger partial charge in [0.15, 0.2) is 10.8 Å². The molecule has 0 saturated heterocycles. The standard InChI is InChI=1S/C19H18N6O3S/c1-10(2)25-16-12(8-22-25)4-13(7-21-16)17(26)24-19-23-15(9-29-19)11-5-14(20-6-11)18(27)28-3/h4-10,20H,1-3H3,(H,23,24,26). The number of ether oxygens (including phenoxy) is 1. The summed E-state index contributed by atoms with van der Waals surface area (Å²) in [7, 11) is 1.32. The number of anilines is 1. The molecule has 4 aromatic heterocycles. The summed E-state index contributed by atoms with van der Waals surface area (Å²) < 4.78 is 6.49. The molecule has 0 aliphatic carbocycles.